The highest BCUT2D eigenvalue weighted by Gasteiger charge is 2.08. The van der Waals surface area contributed by atoms with Crippen LogP contribution in [0, 0.1) is 0 Å². The van der Waals surface area contributed by atoms with Gasteiger partial charge in [0.25, 0.3) is 5.91 Å². The summed E-state index contributed by atoms with van der Waals surface area (Å²) in [6.45, 7) is 1.64. The number of hydrogen-bond donors (Lipinski definition) is 2. The van der Waals surface area contributed by atoms with E-state index in [2.05, 4.69) is 15.5 Å². The molecule has 0 aliphatic rings. The Kier molecular flexibility index (Phi) is 4.77. The minimum Gasteiger partial charge on any atom is -0.507 e. The summed E-state index contributed by atoms with van der Waals surface area (Å²) in [5, 5.41) is 14.5. The predicted octanol–water partition coefficient (Wildman–Crippen LogP) is 3.25. The molecule has 0 spiro atoms. The number of pyridine rings is 1. The lowest BCUT2D eigenvalue weighted by Crippen LogP contribution is -2.19. The van der Waals surface area contributed by atoms with E-state index in [1.165, 1.54) is 24.5 Å². The molecule has 0 atom stereocenters. The number of hydrazone groups is 1. The average molecular weight is 324 g/mol. The lowest BCUT2D eigenvalue weighted by molar-refractivity contribution is 0.0954. The zero-order valence-electron chi connectivity index (χ0n) is 11.0. The number of nitrogens with one attached hydrogen (secondary N) is 1. The standard InChI is InChI=1S/C14H11Cl2N3O2/c1-8(12-5-10(15)2-3-13(12)20)18-19-14(21)9-4-11(16)7-17-6-9/h2-7,20H,1H3,(H,19,21)/b18-8+. The number of amides is 1. The fourth-order valence-electron chi connectivity index (χ4n) is 1.59. The minimum absolute atomic E-state index is 0.0271. The van der Waals surface area contributed by atoms with Crippen molar-refractivity contribution >= 4 is 34.8 Å². The zero-order valence-corrected chi connectivity index (χ0v) is 12.5. The van der Waals surface area contributed by atoms with Crippen LogP contribution < -0.4 is 5.43 Å². The fourth-order valence-corrected chi connectivity index (χ4v) is 1.94. The van der Waals surface area contributed by atoms with Crippen LogP contribution in [0.4, 0.5) is 0 Å². The van der Waals surface area contributed by atoms with Crippen molar-refractivity contribution in [1.82, 2.24) is 10.4 Å². The van der Waals surface area contributed by atoms with Crippen LogP contribution in [-0.2, 0) is 0 Å². The number of benzene rings is 1. The van der Waals surface area contributed by atoms with Gasteiger partial charge in [0.15, 0.2) is 0 Å². The molecule has 1 heterocycles. The molecule has 108 valence electrons. The summed E-state index contributed by atoms with van der Waals surface area (Å²) in [6, 6.07) is 6.05. The lowest BCUT2D eigenvalue weighted by Gasteiger charge is -2.05. The third kappa shape index (κ3) is 3.93. The van der Waals surface area contributed by atoms with Crippen molar-refractivity contribution in [2.24, 2.45) is 5.10 Å². The maximum Gasteiger partial charge on any atom is 0.272 e. The van der Waals surface area contributed by atoms with Gasteiger partial charge >= 0.3 is 0 Å². The summed E-state index contributed by atoms with van der Waals surface area (Å²) in [5.41, 5.74) is 3.51. The van der Waals surface area contributed by atoms with Crippen LogP contribution >= 0.6 is 23.2 Å². The number of rotatable bonds is 3. The Morgan fingerprint density at radius 3 is 2.71 bits per heavy atom. The molecule has 1 amide bonds. The molecule has 2 aromatic rings. The van der Waals surface area contributed by atoms with Crippen LogP contribution in [0.1, 0.15) is 22.8 Å². The van der Waals surface area contributed by atoms with Gasteiger partial charge in [-0.05, 0) is 31.2 Å². The molecule has 0 aliphatic heterocycles. The Balaban J connectivity index is 2.17. The van der Waals surface area contributed by atoms with Crippen LogP contribution in [0.15, 0.2) is 41.8 Å². The SMILES string of the molecule is C/C(=N\NC(=O)c1cncc(Cl)c1)c1cc(Cl)ccc1O. The summed E-state index contributed by atoms with van der Waals surface area (Å²) < 4.78 is 0. The highest BCUT2D eigenvalue weighted by molar-refractivity contribution is 6.31. The van der Waals surface area contributed by atoms with E-state index in [-0.39, 0.29) is 11.3 Å². The second-order valence-electron chi connectivity index (χ2n) is 4.19. The number of carbonyl (C=O) groups excluding carboxylic acids is 1. The molecule has 2 N–H and O–H groups in total. The van der Waals surface area contributed by atoms with Crippen molar-refractivity contribution < 1.29 is 9.90 Å². The number of phenolic OH excluding ortho intramolecular Hbond substituents is 1. The molecule has 21 heavy (non-hydrogen) atoms. The van der Waals surface area contributed by atoms with Crippen molar-refractivity contribution in [3.05, 3.63) is 57.8 Å². The minimum atomic E-state index is -0.453. The normalized spacial score (nSPS) is 11.3. The van der Waals surface area contributed by atoms with Crippen LogP contribution in [-0.4, -0.2) is 21.7 Å². The lowest BCUT2D eigenvalue weighted by atomic mass is 10.1. The molecule has 7 heteroatoms. The fraction of sp³-hybridized carbons (Fsp3) is 0.0714. The van der Waals surface area contributed by atoms with E-state index in [4.69, 9.17) is 23.2 Å². The molecule has 2 rings (SSSR count). The second kappa shape index (κ2) is 6.56. The molecular weight excluding hydrogens is 313 g/mol. The molecule has 0 radical (unpaired) electrons. The van der Waals surface area contributed by atoms with Gasteiger partial charge in [-0.1, -0.05) is 23.2 Å². The maximum absolute atomic E-state index is 11.9. The van der Waals surface area contributed by atoms with E-state index in [9.17, 15) is 9.90 Å². The van der Waals surface area contributed by atoms with Gasteiger partial charge in [-0.25, -0.2) is 5.43 Å². The van der Waals surface area contributed by atoms with Gasteiger partial charge in [0.1, 0.15) is 5.75 Å². The molecule has 0 bridgehead atoms. The first kappa shape index (κ1) is 15.3. The van der Waals surface area contributed by atoms with Crippen LogP contribution in [0.5, 0.6) is 5.75 Å². The zero-order chi connectivity index (χ0) is 15.4. The van der Waals surface area contributed by atoms with Crippen molar-refractivity contribution in [2.45, 2.75) is 6.92 Å². The highest BCUT2D eigenvalue weighted by Crippen LogP contribution is 2.22. The Bertz CT molecular complexity index is 717. The third-order valence-electron chi connectivity index (χ3n) is 2.64. The number of aromatic hydroxyl groups is 1. The van der Waals surface area contributed by atoms with Gasteiger partial charge in [-0.15, -0.1) is 0 Å². The number of halogens is 2. The Morgan fingerprint density at radius 1 is 1.24 bits per heavy atom. The maximum atomic E-state index is 11.9. The number of aromatic nitrogens is 1. The molecule has 1 aromatic carbocycles. The summed E-state index contributed by atoms with van der Waals surface area (Å²) in [4.78, 5) is 15.7. The van der Waals surface area contributed by atoms with Crippen molar-refractivity contribution in [3.8, 4) is 5.75 Å². The second-order valence-corrected chi connectivity index (χ2v) is 5.06. The molecule has 0 saturated heterocycles. The Labute approximate surface area is 131 Å². The molecule has 5 nitrogen and oxygen atoms in total. The molecule has 1 aromatic heterocycles. The summed E-state index contributed by atoms with van der Waals surface area (Å²) in [7, 11) is 0. The highest BCUT2D eigenvalue weighted by atomic mass is 35.5. The van der Waals surface area contributed by atoms with Crippen LogP contribution in [0.25, 0.3) is 0 Å². The largest absolute Gasteiger partial charge is 0.507 e. The summed E-state index contributed by atoms with van der Waals surface area (Å²) >= 11 is 11.6. The number of phenols is 1. The first-order valence-corrected chi connectivity index (χ1v) is 6.67. The van der Waals surface area contributed by atoms with Gasteiger partial charge in [-0.2, -0.15) is 5.10 Å². The van der Waals surface area contributed by atoms with Crippen molar-refractivity contribution in [2.75, 3.05) is 0 Å². The number of carbonyl (C=O) groups is 1. The van der Waals surface area contributed by atoms with E-state index in [1.807, 2.05) is 0 Å². The molecule has 0 saturated carbocycles. The van der Waals surface area contributed by atoms with E-state index in [0.717, 1.165) is 0 Å². The van der Waals surface area contributed by atoms with Crippen molar-refractivity contribution in [3.63, 3.8) is 0 Å². The van der Waals surface area contributed by atoms with Crippen LogP contribution in [0.2, 0.25) is 10.0 Å². The molecule has 0 aliphatic carbocycles. The van der Waals surface area contributed by atoms with Crippen molar-refractivity contribution in [1.29, 1.82) is 0 Å². The van der Waals surface area contributed by atoms with Crippen LogP contribution in [0.3, 0.4) is 0 Å². The van der Waals surface area contributed by atoms with Gasteiger partial charge < -0.3 is 5.11 Å². The summed E-state index contributed by atoms with van der Waals surface area (Å²) in [6.07, 6.45) is 2.81. The Morgan fingerprint density at radius 2 is 2.00 bits per heavy atom. The first-order chi connectivity index (χ1) is 9.97. The Hall–Kier alpha value is -2.11. The number of hydrogen-bond acceptors (Lipinski definition) is 4. The summed E-state index contributed by atoms with van der Waals surface area (Å²) in [5.74, 6) is -0.426. The third-order valence-corrected chi connectivity index (χ3v) is 3.08. The molecule has 0 unspecified atom stereocenters. The molecular formula is C14H11Cl2N3O2. The van der Waals surface area contributed by atoms with E-state index >= 15 is 0 Å². The van der Waals surface area contributed by atoms with Gasteiger partial charge in [-0.3, -0.25) is 9.78 Å². The number of nitrogens with zero attached hydrogens (tertiary/aromatic N) is 2. The predicted molar refractivity (Wildman–Crippen MR) is 82.0 cm³/mol. The first-order valence-electron chi connectivity index (χ1n) is 5.91. The topological polar surface area (TPSA) is 74.6 Å². The van der Waals surface area contributed by atoms with E-state index in [0.29, 0.717) is 21.3 Å². The van der Waals surface area contributed by atoms with E-state index < -0.39 is 5.91 Å². The van der Waals surface area contributed by atoms with E-state index in [1.54, 1.807) is 19.1 Å². The van der Waals surface area contributed by atoms with Gasteiger partial charge in [0, 0.05) is 23.0 Å². The van der Waals surface area contributed by atoms with Gasteiger partial charge in [0.05, 0.1) is 16.3 Å². The average Bonchev–Trinajstić information content (AvgIpc) is 2.47. The monoisotopic (exact) mass is 323 g/mol. The van der Waals surface area contributed by atoms with Gasteiger partial charge in [0.2, 0.25) is 0 Å². The quantitative estimate of drug-likeness (QED) is 0.672. The molecule has 0 fully saturated rings. The smallest absolute Gasteiger partial charge is 0.272 e.